The van der Waals surface area contributed by atoms with Crippen LogP contribution in [-0.2, 0) is 17.6 Å². The summed E-state index contributed by atoms with van der Waals surface area (Å²) >= 11 is 0. The number of aryl methyl sites for hydroxylation is 2. The maximum atomic E-state index is 5.66. The molecule has 2 aromatic rings. The minimum Gasteiger partial charge on any atom is -0.499 e. The zero-order valence-corrected chi connectivity index (χ0v) is 16.5. The van der Waals surface area contributed by atoms with E-state index in [2.05, 4.69) is 44.3 Å². The van der Waals surface area contributed by atoms with Crippen LogP contribution in [-0.4, -0.2) is 13.4 Å². The van der Waals surface area contributed by atoms with E-state index in [-0.39, 0.29) is 21.6 Å². The second-order valence-electron chi connectivity index (χ2n) is 6.62. The Kier molecular flexibility index (Phi) is 13.0. The van der Waals surface area contributed by atoms with Gasteiger partial charge in [0.1, 0.15) is 11.5 Å². The fraction of sp³-hybridized carbons (Fsp3) is 0.385. The predicted octanol–water partition coefficient (Wildman–Crippen LogP) is 7.37. The van der Waals surface area contributed by atoms with E-state index in [1.165, 1.54) is 16.7 Å². The molecule has 0 aromatic heterocycles. The lowest BCUT2D eigenvalue weighted by Crippen LogP contribution is -2.05. The topological polar surface area (TPSA) is 27.7 Å². The Labute approximate surface area is 178 Å². The van der Waals surface area contributed by atoms with Crippen molar-refractivity contribution in [1.29, 1.82) is 0 Å². The summed E-state index contributed by atoms with van der Waals surface area (Å²) in [6, 6.07) is 16.2. The Hall–Kier alpha value is -2.68. The van der Waals surface area contributed by atoms with Crippen molar-refractivity contribution in [3.8, 4) is 11.5 Å². The van der Waals surface area contributed by atoms with E-state index in [1.807, 2.05) is 31.2 Å². The van der Waals surface area contributed by atoms with E-state index >= 15 is 0 Å². The van der Waals surface area contributed by atoms with Crippen LogP contribution in [0.1, 0.15) is 52.7 Å². The van der Waals surface area contributed by atoms with Crippen LogP contribution in [0, 0.1) is 0 Å². The maximum Gasteiger partial charge on any atom is 0.230 e. The van der Waals surface area contributed by atoms with Crippen LogP contribution in [0.3, 0.4) is 0 Å². The molecule has 0 spiro atoms. The second-order valence-corrected chi connectivity index (χ2v) is 6.62. The fourth-order valence-corrected chi connectivity index (χ4v) is 2.59. The molecule has 0 amide bonds. The molecule has 2 rings (SSSR count). The zero-order valence-electron chi connectivity index (χ0n) is 16.5. The van der Waals surface area contributed by atoms with Gasteiger partial charge >= 0.3 is 0 Å². The van der Waals surface area contributed by atoms with Crippen molar-refractivity contribution in [2.45, 2.75) is 54.4 Å². The van der Waals surface area contributed by atoms with Crippen molar-refractivity contribution in [3.63, 3.8) is 0 Å². The van der Waals surface area contributed by atoms with Crippen LogP contribution in [0.25, 0.3) is 0 Å². The van der Waals surface area contributed by atoms with Gasteiger partial charge in [-0.05, 0) is 68.5 Å². The highest BCUT2D eigenvalue weighted by molar-refractivity contribution is 5.29. The summed E-state index contributed by atoms with van der Waals surface area (Å²) in [5, 5.41) is 0. The van der Waals surface area contributed by atoms with Gasteiger partial charge in [-0.3, -0.25) is 0 Å². The standard InChI is InChI=1S/C24H30O3.2CH4/c1-5-25-20(4)7-9-22-12-16-24(17-13-22)27-18-26-23-14-10-21(11-15-23)8-6-19(2)3;;/h10-17H,2,4-9,18H2,1,3H3;2*1H4. The van der Waals surface area contributed by atoms with E-state index in [4.69, 9.17) is 14.2 Å². The van der Waals surface area contributed by atoms with Gasteiger partial charge in [0.2, 0.25) is 6.79 Å². The van der Waals surface area contributed by atoms with Crippen molar-refractivity contribution in [3.05, 3.63) is 84.1 Å². The molecule has 0 aliphatic rings. The average molecular weight is 399 g/mol. The first-order valence-corrected chi connectivity index (χ1v) is 9.45. The lowest BCUT2D eigenvalue weighted by atomic mass is 10.1. The molecule has 0 atom stereocenters. The molecule has 0 unspecified atom stereocenters. The molecule has 3 heteroatoms. The van der Waals surface area contributed by atoms with Crippen LogP contribution in [0.5, 0.6) is 11.5 Å². The van der Waals surface area contributed by atoms with Crippen LogP contribution in [0.4, 0.5) is 0 Å². The molecule has 0 saturated heterocycles. The van der Waals surface area contributed by atoms with Gasteiger partial charge in [0.15, 0.2) is 0 Å². The minimum absolute atomic E-state index is 0. The van der Waals surface area contributed by atoms with Gasteiger partial charge in [-0.2, -0.15) is 0 Å². The highest BCUT2D eigenvalue weighted by atomic mass is 16.7. The Balaban J connectivity index is 0.00000392. The van der Waals surface area contributed by atoms with Gasteiger partial charge < -0.3 is 14.2 Å². The molecule has 0 aliphatic carbocycles. The van der Waals surface area contributed by atoms with Crippen LogP contribution >= 0.6 is 0 Å². The normalized spacial score (nSPS) is 9.59. The predicted molar refractivity (Wildman–Crippen MR) is 125 cm³/mol. The molecule has 0 aliphatic heterocycles. The molecule has 0 N–H and O–H groups in total. The number of benzene rings is 2. The number of allylic oxidation sites excluding steroid dienone is 2. The van der Waals surface area contributed by atoms with E-state index in [1.54, 1.807) is 0 Å². The molecule has 29 heavy (non-hydrogen) atoms. The first-order chi connectivity index (χ1) is 13.1. The molecule has 0 saturated carbocycles. The fourth-order valence-electron chi connectivity index (χ4n) is 2.59. The Morgan fingerprint density at radius 3 is 1.62 bits per heavy atom. The van der Waals surface area contributed by atoms with Gasteiger partial charge in [-0.25, -0.2) is 0 Å². The third-order valence-corrected chi connectivity index (χ3v) is 4.18. The van der Waals surface area contributed by atoms with E-state index < -0.39 is 0 Å². The monoisotopic (exact) mass is 398 g/mol. The third-order valence-electron chi connectivity index (χ3n) is 4.18. The number of hydrogen-bond donors (Lipinski definition) is 0. The highest BCUT2D eigenvalue weighted by Crippen LogP contribution is 2.17. The number of ether oxygens (including phenoxy) is 3. The lowest BCUT2D eigenvalue weighted by molar-refractivity contribution is 0.120. The summed E-state index contributed by atoms with van der Waals surface area (Å²) in [4.78, 5) is 0. The maximum absolute atomic E-state index is 5.66. The largest absolute Gasteiger partial charge is 0.499 e. The molecule has 2 aromatic carbocycles. The number of rotatable bonds is 12. The van der Waals surface area contributed by atoms with Crippen LogP contribution < -0.4 is 9.47 Å². The van der Waals surface area contributed by atoms with Crippen molar-refractivity contribution >= 4 is 0 Å². The van der Waals surface area contributed by atoms with Crippen molar-refractivity contribution in [2.24, 2.45) is 0 Å². The minimum atomic E-state index is 0. The molecular formula is C26H38O3. The first kappa shape index (κ1) is 26.3. The SMILES string of the molecule is C.C.C=C(C)CCc1ccc(OCOc2ccc(CCC(=C)OCC)cc2)cc1. The summed E-state index contributed by atoms with van der Waals surface area (Å²) in [5.74, 6) is 2.43. The molecule has 3 nitrogen and oxygen atoms in total. The van der Waals surface area contributed by atoms with Crippen LogP contribution in [0.2, 0.25) is 0 Å². The van der Waals surface area contributed by atoms with Crippen molar-refractivity contribution in [2.75, 3.05) is 13.4 Å². The molecular weight excluding hydrogens is 360 g/mol. The quantitative estimate of drug-likeness (QED) is 0.212. The zero-order chi connectivity index (χ0) is 19.5. The molecule has 0 radical (unpaired) electrons. The number of hydrogen-bond acceptors (Lipinski definition) is 3. The van der Waals surface area contributed by atoms with Gasteiger partial charge in [-0.15, -0.1) is 6.58 Å². The van der Waals surface area contributed by atoms with Gasteiger partial charge in [0.05, 0.1) is 12.4 Å². The van der Waals surface area contributed by atoms with Crippen LogP contribution in [0.15, 0.2) is 73.0 Å². The Morgan fingerprint density at radius 1 is 0.759 bits per heavy atom. The summed E-state index contributed by atoms with van der Waals surface area (Å²) in [5.41, 5.74) is 3.72. The van der Waals surface area contributed by atoms with Gasteiger partial charge in [-0.1, -0.05) is 51.3 Å². The highest BCUT2D eigenvalue weighted by Gasteiger charge is 2.00. The molecule has 160 valence electrons. The molecule has 0 fully saturated rings. The van der Waals surface area contributed by atoms with Gasteiger partial charge in [0, 0.05) is 6.42 Å². The Morgan fingerprint density at radius 2 is 1.21 bits per heavy atom. The molecule has 0 bridgehead atoms. The van der Waals surface area contributed by atoms with Gasteiger partial charge in [0.25, 0.3) is 0 Å². The summed E-state index contributed by atoms with van der Waals surface area (Å²) in [6.07, 6.45) is 3.77. The van der Waals surface area contributed by atoms with E-state index in [0.29, 0.717) is 6.61 Å². The van der Waals surface area contributed by atoms with E-state index in [9.17, 15) is 0 Å². The lowest BCUT2D eigenvalue weighted by Gasteiger charge is -2.10. The molecule has 0 heterocycles. The van der Waals surface area contributed by atoms with Crippen molar-refractivity contribution in [1.82, 2.24) is 0 Å². The average Bonchev–Trinajstić information content (AvgIpc) is 2.67. The summed E-state index contributed by atoms with van der Waals surface area (Å²) in [6.45, 7) is 12.7. The van der Waals surface area contributed by atoms with E-state index in [0.717, 1.165) is 42.9 Å². The van der Waals surface area contributed by atoms with Crippen molar-refractivity contribution < 1.29 is 14.2 Å². The summed E-state index contributed by atoms with van der Waals surface area (Å²) < 4.78 is 16.7. The summed E-state index contributed by atoms with van der Waals surface area (Å²) in [7, 11) is 0. The first-order valence-electron chi connectivity index (χ1n) is 9.45. The Bertz CT molecular complexity index is 715. The second kappa shape index (κ2) is 14.3. The smallest absolute Gasteiger partial charge is 0.230 e. The third kappa shape index (κ3) is 10.4.